The first kappa shape index (κ1) is 13.9. The van der Waals surface area contributed by atoms with Gasteiger partial charge in [0.2, 0.25) is 0 Å². The first-order valence-corrected chi connectivity index (χ1v) is 8.53. The van der Waals surface area contributed by atoms with E-state index in [0.717, 1.165) is 28.8 Å². The molecule has 18 heavy (non-hydrogen) atoms. The van der Waals surface area contributed by atoms with Gasteiger partial charge in [-0.05, 0) is 30.7 Å². The number of likely N-dealkylation sites (tertiary alicyclic amines) is 1. The zero-order valence-electron chi connectivity index (χ0n) is 10.7. The van der Waals surface area contributed by atoms with Crippen LogP contribution in [-0.4, -0.2) is 35.0 Å². The van der Waals surface area contributed by atoms with Gasteiger partial charge in [0.15, 0.2) is 0 Å². The fourth-order valence-corrected chi connectivity index (χ4v) is 4.05. The second kappa shape index (κ2) is 6.11. The lowest BCUT2D eigenvalue weighted by atomic mass is 10.0. The monoisotopic (exact) mass is 327 g/mol. The number of thioether (sulfide) groups is 1. The van der Waals surface area contributed by atoms with Crippen molar-refractivity contribution < 1.29 is 4.79 Å². The third-order valence-corrected chi connectivity index (χ3v) is 5.10. The van der Waals surface area contributed by atoms with Gasteiger partial charge in [0.25, 0.3) is 5.91 Å². The van der Waals surface area contributed by atoms with E-state index in [9.17, 15) is 4.79 Å². The second-order valence-corrected chi connectivity index (χ2v) is 6.18. The number of benzene rings is 1. The number of halogens is 1. The number of nitrogens with zero attached hydrogens (tertiary/aromatic N) is 1. The Labute approximate surface area is 121 Å². The summed E-state index contributed by atoms with van der Waals surface area (Å²) in [5.41, 5.74) is 0.838. The summed E-state index contributed by atoms with van der Waals surface area (Å²) in [6, 6.07) is 8.20. The number of hydrogen-bond acceptors (Lipinski definition) is 2. The summed E-state index contributed by atoms with van der Waals surface area (Å²) in [5.74, 6) is 0.753. The van der Waals surface area contributed by atoms with Gasteiger partial charge in [-0.15, -0.1) is 11.8 Å². The highest BCUT2D eigenvalue weighted by molar-refractivity contribution is 9.09. The van der Waals surface area contributed by atoms with Crippen molar-refractivity contribution in [2.24, 2.45) is 5.92 Å². The molecular weight excluding hydrogens is 310 g/mol. The molecule has 4 heteroatoms. The standard InChI is InChI=1S/C14H18BrNOS/c1-10-7-8-16(12(10)9-15)14(17)11-5-3-4-6-13(11)18-2/h3-6,10,12H,7-9H2,1-2H3. The lowest BCUT2D eigenvalue weighted by Gasteiger charge is -2.26. The van der Waals surface area contributed by atoms with Crippen molar-refractivity contribution in [1.29, 1.82) is 0 Å². The van der Waals surface area contributed by atoms with Crippen LogP contribution in [-0.2, 0) is 0 Å². The lowest BCUT2D eigenvalue weighted by Crippen LogP contribution is -2.38. The SMILES string of the molecule is CSc1ccccc1C(=O)N1CCC(C)C1CBr. The van der Waals surface area contributed by atoms with E-state index in [1.54, 1.807) is 11.8 Å². The quantitative estimate of drug-likeness (QED) is 0.623. The molecule has 2 unspecified atom stereocenters. The summed E-state index contributed by atoms with van der Waals surface area (Å²) >= 11 is 5.17. The number of alkyl halides is 1. The van der Waals surface area contributed by atoms with Crippen LogP contribution in [0.15, 0.2) is 29.2 Å². The molecule has 2 atom stereocenters. The van der Waals surface area contributed by atoms with Crippen LogP contribution in [0.25, 0.3) is 0 Å². The molecule has 1 fully saturated rings. The van der Waals surface area contributed by atoms with Crippen LogP contribution in [0.4, 0.5) is 0 Å². The molecule has 2 nitrogen and oxygen atoms in total. The van der Waals surface area contributed by atoms with Gasteiger partial charge in [-0.3, -0.25) is 4.79 Å². The van der Waals surface area contributed by atoms with Gasteiger partial charge in [0.1, 0.15) is 0 Å². The van der Waals surface area contributed by atoms with E-state index >= 15 is 0 Å². The van der Waals surface area contributed by atoms with Crippen molar-refractivity contribution >= 4 is 33.6 Å². The molecule has 0 N–H and O–H groups in total. The topological polar surface area (TPSA) is 20.3 Å². The van der Waals surface area contributed by atoms with Gasteiger partial charge < -0.3 is 4.90 Å². The van der Waals surface area contributed by atoms with Crippen LogP contribution >= 0.6 is 27.7 Å². The molecule has 98 valence electrons. The van der Waals surface area contributed by atoms with Crippen molar-refractivity contribution in [3.05, 3.63) is 29.8 Å². The largest absolute Gasteiger partial charge is 0.335 e. The molecule has 1 saturated heterocycles. The molecule has 0 aliphatic carbocycles. The Morgan fingerprint density at radius 1 is 1.50 bits per heavy atom. The number of carbonyl (C=O) groups is 1. The minimum absolute atomic E-state index is 0.175. The fraction of sp³-hybridized carbons (Fsp3) is 0.500. The van der Waals surface area contributed by atoms with E-state index in [-0.39, 0.29) is 5.91 Å². The van der Waals surface area contributed by atoms with Gasteiger partial charge in [0.05, 0.1) is 5.56 Å². The van der Waals surface area contributed by atoms with E-state index < -0.39 is 0 Å². The van der Waals surface area contributed by atoms with E-state index in [1.807, 2.05) is 35.4 Å². The maximum Gasteiger partial charge on any atom is 0.255 e. The second-order valence-electron chi connectivity index (χ2n) is 4.69. The Balaban J connectivity index is 2.26. The summed E-state index contributed by atoms with van der Waals surface area (Å²) in [4.78, 5) is 15.7. The van der Waals surface area contributed by atoms with Crippen LogP contribution in [0, 0.1) is 5.92 Å². The van der Waals surface area contributed by atoms with Crippen molar-refractivity contribution in [2.45, 2.75) is 24.3 Å². The molecule has 0 bridgehead atoms. The Kier molecular flexibility index (Phi) is 4.73. The maximum absolute atomic E-state index is 12.6. The Hall–Kier alpha value is -0.480. The molecule has 0 spiro atoms. The van der Waals surface area contributed by atoms with Gasteiger partial charge in [0, 0.05) is 22.8 Å². The molecule has 0 radical (unpaired) electrons. The molecule has 1 aromatic carbocycles. The number of amides is 1. The van der Waals surface area contributed by atoms with Crippen LogP contribution < -0.4 is 0 Å². The molecule has 1 heterocycles. The average Bonchev–Trinajstić information content (AvgIpc) is 2.78. The van der Waals surface area contributed by atoms with Crippen molar-refractivity contribution in [3.8, 4) is 0 Å². The molecule has 0 aromatic heterocycles. The predicted molar refractivity (Wildman–Crippen MR) is 80.6 cm³/mol. The Bertz CT molecular complexity index is 438. The zero-order valence-corrected chi connectivity index (χ0v) is 13.1. The minimum atomic E-state index is 0.175. The maximum atomic E-state index is 12.6. The minimum Gasteiger partial charge on any atom is -0.335 e. The molecule has 2 rings (SSSR count). The summed E-state index contributed by atoms with van der Waals surface area (Å²) in [6.07, 6.45) is 3.12. The molecule has 1 aliphatic rings. The average molecular weight is 328 g/mol. The van der Waals surface area contributed by atoms with E-state index in [2.05, 4.69) is 22.9 Å². The molecule has 1 aliphatic heterocycles. The van der Waals surface area contributed by atoms with E-state index in [4.69, 9.17) is 0 Å². The summed E-state index contributed by atoms with van der Waals surface area (Å²) in [5, 5.41) is 0.862. The smallest absolute Gasteiger partial charge is 0.255 e. The van der Waals surface area contributed by atoms with Crippen molar-refractivity contribution in [2.75, 3.05) is 18.1 Å². The highest BCUT2D eigenvalue weighted by atomic mass is 79.9. The number of carbonyl (C=O) groups excluding carboxylic acids is 1. The fourth-order valence-electron chi connectivity index (χ4n) is 2.47. The first-order chi connectivity index (χ1) is 8.69. The van der Waals surface area contributed by atoms with Crippen LogP contribution in [0.2, 0.25) is 0 Å². The number of rotatable bonds is 3. The van der Waals surface area contributed by atoms with Gasteiger partial charge in [-0.1, -0.05) is 35.0 Å². The summed E-state index contributed by atoms with van der Waals surface area (Å²) in [7, 11) is 0. The third kappa shape index (κ3) is 2.59. The first-order valence-electron chi connectivity index (χ1n) is 6.19. The summed E-state index contributed by atoms with van der Waals surface area (Å²) < 4.78 is 0. The summed E-state index contributed by atoms with van der Waals surface area (Å²) in [6.45, 7) is 3.10. The number of hydrogen-bond donors (Lipinski definition) is 0. The van der Waals surface area contributed by atoms with E-state index in [1.165, 1.54) is 0 Å². The molecular formula is C14H18BrNOS. The van der Waals surface area contributed by atoms with Crippen LogP contribution in [0.1, 0.15) is 23.7 Å². The van der Waals surface area contributed by atoms with Gasteiger partial charge >= 0.3 is 0 Å². The lowest BCUT2D eigenvalue weighted by molar-refractivity contribution is 0.0735. The molecule has 1 amide bonds. The molecule has 0 saturated carbocycles. The third-order valence-electron chi connectivity index (χ3n) is 3.64. The molecule has 1 aromatic rings. The van der Waals surface area contributed by atoms with Gasteiger partial charge in [-0.25, -0.2) is 0 Å². The van der Waals surface area contributed by atoms with E-state index in [0.29, 0.717) is 12.0 Å². The van der Waals surface area contributed by atoms with Crippen molar-refractivity contribution in [1.82, 2.24) is 4.90 Å². The van der Waals surface area contributed by atoms with Crippen LogP contribution in [0.3, 0.4) is 0 Å². The highest BCUT2D eigenvalue weighted by Gasteiger charge is 2.34. The van der Waals surface area contributed by atoms with Crippen LogP contribution in [0.5, 0.6) is 0 Å². The normalized spacial score (nSPS) is 23.4. The zero-order chi connectivity index (χ0) is 13.1. The van der Waals surface area contributed by atoms with Crippen molar-refractivity contribution in [3.63, 3.8) is 0 Å². The van der Waals surface area contributed by atoms with Gasteiger partial charge in [-0.2, -0.15) is 0 Å². The Morgan fingerprint density at radius 2 is 2.22 bits per heavy atom. The Morgan fingerprint density at radius 3 is 2.89 bits per heavy atom. The highest BCUT2D eigenvalue weighted by Crippen LogP contribution is 2.29. The predicted octanol–water partition coefficient (Wildman–Crippen LogP) is 3.65.